The number of hydrogen-bond acceptors (Lipinski definition) is 4. The summed E-state index contributed by atoms with van der Waals surface area (Å²) in [6, 6.07) is 11.6. The number of nitrogens with zero attached hydrogens (tertiary/aromatic N) is 2. The first kappa shape index (κ1) is 20.1. The third kappa shape index (κ3) is 5.01. The molecule has 3 rings (SSSR count). The van der Waals surface area contributed by atoms with Crippen LogP contribution in [0.1, 0.15) is 19.4 Å². The molecule has 0 bridgehead atoms. The standard InChI is InChI=1S/C22H28FN3O2/c1-4-25-11-13-26(14-12-25)21-10-7-19(15-16(21)2)24-22(27)17(3)28-20-8-5-18(23)6-9-20/h5-10,15,17H,4,11-14H2,1-3H3,(H,24,27). The van der Waals surface area contributed by atoms with E-state index in [9.17, 15) is 9.18 Å². The minimum Gasteiger partial charge on any atom is -0.481 e. The molecule has 0 radical (unpaired) electrons. The van der Waals surface area contributed by atoms with Crippen molar-refractivity contribution in [2.75, 3.05) is 42.9 Å². The van der Waals surface area contributed by atoms with E-state index in [0.29, 0.717) is 5.75 Å². The lowest BCUT2D eigenvalue weighted by Gasteiger charge is -2.36. The second kappa shape index (κ2) is 9.06. The number of nitrogens with one attached hydrogen (secondary N) is 1. The summed E-state index contributed by atoms with van der Waals surface area (Å²) in [5.41, 5.74) is 3.09. The van der Waals surface area contributed by atoms with E-state index >= 15 is 0 Å². The van der Waals surface area contributed by atoms with Crippen LogP contribution in [-0.4, -0.2) is 49.6 Å². The van der Waals surface area contributed by atoms with Gasteiger partial charge in [0.25, 0.3) is 5.91 Å². The van der Waals surface area contributed by atoms with Crippen molar-refractivity contribution in [3.63, 3.8) is 0 Å². The molecule has 1 N–H and O–H groups in total. The van der Waals surface area contributed by atoms with Gasteiger partial charge in [-0.1, -0.05) is 6.92 Å². The van der Waals surface area contributed by atoms with Gasteiger partial charge in [0.1, 0.15) is 11.6 Å². The van der Waals surface area contributed by atoms with Crippen LogP contribution in [-0.2, 0) is 4.79 Å². The number of halogens is 1. The molecule has 1 aliphatic heterocycles. The van der Waals surface area contributed by atoms with Crippen LogP contribution in [0.25, 0.3) is 0 Å². The molecule has 2 aromatic carbocycles. The first-order valence-electron chi connectivity index (χ1n) is 9.77. The molecule has 6 heteroatoms. The highest BCUT2D eigenvalue weighted by atomic mass is 19.1. The summed E-state index contributed by atoms with van der Waals surface area (Å²) < 4.78 is 18.6. The molecule has 1 aliphatic rings. The molecule has 150 valence electrons. The van der Waals surface area contributed by atoms with Crippen molar-refractivity contribution in [2.45, 2.75) is 26.9 Å². The lowest BCUT2D eigenvalue weighted by Crippen LogP contribution is -2.46. The number of benzene rings is 2. The lowest BCUT2D eigenvalue weighted by atomic mass is 10.1. The third-order valence-corrected chi connectivity index (χ3v) is 5.12. The Morgan fingerprint density at radius 2 is 1.82 bits per heavy atom. The number of carbonyl (C=O) groups excluding carboxylic acids is 1. The normalized spacial score (nSPS) is 15.9. The third-order valence-electron chi connectivity index (χ3n) is 5.12. The van der Waals surface area contributed by atoms with E-state index in [-0.39, 0.29) is 11.7 Å². The van der Waals surface area contributed by atoms with E-state index in [1.807, 2.05) is 12.1 Å². The van der Waals surface area contributed by atoms with E-state index < -0.39 is 6.10 Å². The molecule has 1 atom stereocenters. The number of amides is 1. The van der Waals surface area contributed by atoms with Gasteiger partial charge in [0, 0.05) is 37.6 Å². The number of rotatable bonds is 6. The zero-order valence-electron chi connectivity index (χ0n) is 16.7. The highest BCUT2D eigenvalue weighted by Crippen LogP contribution is 2.25. The Bertz CT molecular complexity index is 802. The number of likely N-dealkylation sites (N-methyl/N-ethyl adjacent to an activating group) is 1. The Morgan fingerprint density at radius 1 is 1.14 bits per heavy atom. The summed E-state index contributed by atoms with van der Waals surface area (Å²) in [7, 11) is 0. The number of aryl methyl sites for hydroxylation is 1. The largest absolute Gasteiger partial charge is 0.481 e. The van der Waals surface area contributed by atoms with Gasteiger partial charge in [-0.2, -0.15) is 0 Å². The average Bonchev–Trinajstić information content (AvgIpc) is 2.70. The van der Waals surface area contributed by atoms with Crippen LogP contribution in [0, 0.1) is 12.7 Å². The van der Waals surface area contributed by atoms with Crippen LogP contribution in [0.3, 0.4) is 0 Å². The van der Waals surface area contributed by atoms with Gasteiger partial charge < -0.3 is 19.9 Å². The molecule has 1 amide bonds. The van der Waals surface area contributed by atoms with E-state index in [0.717, 1.165) is 44.0 Å². The molecule has 0 spiro atoms. The number of hydrogen-bond donors (Lipinski definition) is 1. The summed E-state index contributed by atoms with van der Waals surface area (Å²) in [6.07, 6.45) is -0.687. The van der Waals surface area contributed by atoms with Gasteiger partial charge in [0.05, 0.1) is 0 Å². The maximum absolute atomic E-state index is 13.0. The van der Waals surface area contributed by atoms with Crippen molar-refractivity contribution in [2.24, 2.45) is 0 Å². The Hall–Kier alpha value is -2.60. The second-order valence-corrected chi connectivity index (χ2v) is 7.13. The first-order valence-corrected chi connectivity index (χ1v) is 9.77. The van der Waals surface area contributed by atoms with Gasteiger partial charge in [0.2, 0.25) is 0 Å². The molecule has 5 nitrogen and oxygen atoms in total. The zero-order chi connectivity index (χ0) is 20.1. The maximum Gasteiger partial charge on any atom is 0.265 e. The molecule has 2 aromatic rings. The molecule has 1 fully saturated rings. The molecular weight excluding hydrogens is 357 g/mol. The predicted molar refractivity (Wildman–Crippen MR) is 111 cm³/mol. The summed E-state index contributed by atoms with van der Waals surface area (Å²) in [4.78, 5) is 17.3. The van der Waals surface area contributed by atoms with Gasteiger partial charge in [0.15, 0.2) is 6.10 Å². The molecule has 28 heavy (non-hydrogen) atoms. The van der Waals surface area contributed by atoms with Gasteiger partial charge >= 0.3 is 0 Å². The van der Waals surface area contributed by atoms with Crippen molar-refractivity contribution in [3.8, 4) is 5.75 Å². The van der Waals surface area contributed by atoms with Gasteiger partial charge in [-0.25, -0.2) is 4.39 Å². The van der Waals surface area contributed by atoms with Gasteiger partial charge in [-0.3, -0.25) is 4.79 Å². The summed E-state index contributed by atoms with van der Waals surface area (Å²) >= 11 is 0. The molecule has 1 saturated heterocycles. The van der Waals surface area contributed by atoms with Crippen LogP contribution in [0.4, 0.5) is 15.8 Å². The first-order chi connectivity index (χ1) is 13.5. The maximum atomic E-state index is 13.0. The molecule has 0 aliphatic carbocycles. The molecule has 0 aromatic heterocycles. The van der Waals surface area contributed by atoms with Crippen molar-refractivity contribution in [1.82, 2.24) is 4.90 Å². The number of carbonyl (C=O) groups is 1. The Kier molecular flexibility index (Phi) is 6.52. The fourth-order valence-electron chi connectivity index (χ4n) is 3.41. The molecule has 1 unspecified atom stereocenters. The average molecular weight is 385 g/mol. The topological polar surface area (TPSA) is 44.8 Å². The fourth-order valence-corrected chi connectivity index (χ4v) is 3.41. The summed E-state index contributed by atoms with van der Waals surface area (Å²) in [5.74, 6) is -0.119. The highest BCUT2D eigenvalue weighted by molar-refractivity contribution is 5.94. The highest BCUT2D eigenvalue weighted by Gasteiger charge is 2.19. The number of ether oxygens (including phenoxy) is 1. The van der Waals surface area contributed by atoms with Crippen LogP contribution in [0.2, 0.25) is 0 Å². The molecular formula is C22H28FN3O2. The van der Waals surface area contributed by atoms with Crippen molar-refractivity contribution in [3.05, 3.63) is 53.8 Å². The number of piperazine rings is 1. The summed E-state index contributed by atoms with van der Waals surface area (Å²) in [5, 5.41) is 2.90. The minimum absolute atomic E-state index is 0.243. The minimum atomic E-state index is -0.687. The van der Waals surface area contributed by atoms with Gasteiger partial charge in [-0.05, 0) is 68.4 Å². The lowest BCUT2D eigenvalue weighted by molar-refractivity contribution is -0.122. The van der Waals surface area contributed by atoms with E-state index in [1.54, 1.807) is 6.92 Å². The molecule has 0 saturated carbocycles. The van der Waals surface area contributed by atoms with E-state index in [2.05, 4.69) is 35.0 Å². The number of anilines is 2. The summed E-state index contributed by atoms with van der Waals surface area (Å²) in [6.45, 7) is 11.2. The second-order valence-electron chi connectivity index (χ2n) is 7.13. The van der Waals surface area contributed by atoms with E-state index in [1.165, 1.54) is 30.0 Å². The van der Waals surface area contributed by atoms with Crippen molar-refractivity contribution >= 4 is 17.3 Å². The van der Waals surface area contributed by atoms with Crippen LogP contribution < -0.4 is 15.0 Å². The van der Waals surface area contributed by atoms with E-state index in [4.69, 9.17) is 4.74 Å². The smallest absolute Gasteiger partial charge is 0.265 e. The molecule has 1 heterocycles. The van der Waals surface area contributed by atoms with Gasteiger partial charge in [-0.15, -0.1) is 0 Å². The van der Waals surface area contributed by atoms with Crippen molar-refractivity contribution < 1.29 is 13.9 Å². The van der Waals surface area contributed by atoms with Crippen LogP contribution in [0.15, 0.2) is 42.5 Å². The van der Waals surface area contributed by atoms with Crippen LogP contribution in [0.5, 0.6) is 5.75 Å². The SMILES string of the molecule is CCN1CCN(c2ccc(NC(=O)C(C)Oc3ccc(F)cc3)cc2C)CC1. The Labute approximate surface area is 166 Å². The van der Waals surface area contributed by atoms with Crippen molar-refractivity contribution in [1.29, 1.82) is 0 Å². The monoisotopic (exact) mass is 385 g/mol. The Balaban J connectivity index is 1.59. The Morgan fingerprint density at radius 3 is 2.43 bits per heavy atom. The fraction of sp³-hybridized carbons (Fsp3) is 0.409. The quantitative estimate of drug-likeness (QED) is 0.824. The van der Waals surface area contributed by atoms with Crippen LogP contribution >= 0.6 is 0 Å². The predicted octanol–water partition coefficient (Wildman–Crippen LogP) is 3.68. The zero-order valence-corrected chi connectivity index (χ0v) is 16.7.